The lowest BCUT2D eigenvalue weighted by Crippen LogP contribution is -2.49. The third-order valence-electron chi connectivity index (χ3n) is 5.01. The van der Waals surface area contributed by atoms with Crippen molar-refractivity contribution < 1.29 is 4.74 Å². The van der Waals surface area contributed by atoms with Crippen molar-refractivity contribution in [2.45, 2.75) is 77.7 Å². The molecule has 2 N–H and O–H groups in total. The molecule has 1 aliphatic heterocycles. The van der Waals surface area contributed by atoms with Crippen LogP contribution in [0.3, 0.4) is 0 Å². The van der Waals surface area contributed by atoms with Crippen LogP contribution in [-0.2, 0) is 4.74 Å². The Morgan fingerprint density at radius 1 is 1.11 bits per heavy atom. The first-order valence-corrected chi connectivity index (χ1v) is 7.83. The smallest absolute Gasteiger partial charge is 0.0788 e. The van der Waals surface area contributed by atoms with E-state index in [-0.39, 0.29) is 17.2 Å². The average molecular weight is 268 g/mol. The molecule has 0 aromatic heterocycles. The van der Waals surface area contributed by atoms with Crippen molar-refractivity contribution in [1.82, 2.24) is 4.90 Å². The molecule has 1 saturated heterocycles. The van der Waals surface area contributed by atoms with Crippen molar-refractivity contribution >= 4 is 0 Å². The molecule has 2 unspecified atom stereocenters. The molecule has 0 spiro atoms. The summed E-state index contributed by atoms with van der Waals surface area (Å²) in [4.78, 5) is 2.61. The quantitative estimate of drug-likeness (QED) is 0.833. The molecule has 2 rings (SSSR count). The normalized spacial score (nSPS) is 33.3. The second-order valence-corrected chi connectivity index (χ2v) is 7.93. The van der Waals surface area contributed by atoms with Crippen LogP contribution >= 0.6 is 0 Å². The summed E-state index contributed by atoms with van der Waals surface area (Å²) in [6.45, 7) is 15.5. The maximum absolute atomic E-state index is 6.48. The van der Waals surface area contributed by atoms with Gasteiger partial charge in [-0.2, -0.15) is 0 Å². The minimum Gasteiger partial charge on any atom is -0.368 e. The van der Waals surface area contributed by atoms with Crippen LogP contribution in [0.5, 0.6) is 0 Å². The number of rotatable bonds is 5. The zero-order valence-electron chi connectivity index (χ0n) is 13.6. The maximum atomic E-state index is 6.48. The lowest BCUT2D eigenvalue weighted by molar-refractivity contribution is -0.0790. The van der Waals surface area contributed by atoms with Gasteiger partial charge in [-0.3, -0.25) is 0 Å². The highest BCUT2D eigenvalue weighted by Gasteiger charge is 2.52. The second kappa shape index (κ2) is 5.01. The number of hydrogen-bond donors (Lipinski definition) is 1. The summed E-state index contributed by atoms with van der Waals surface area (Å²) in [5, 5.41) is 0. The Morgan fingerprint density at radius 3 is 2.05 bits per heavy atom. The van der Waals surface area contributed by atoms with E-state index in [0.717, 1.165) is 12.5 Å². The van der Waals surface area contributed by atoms with Crippen LogP contribution in [0.25, 0.3) is 0 Å². The zero-order valence-corrected chi connectivity index (χ0v) is 13.6. The summed E-state index contributed by atoms with van der Waals surface area (Å²) in [5.41, 5.74) is 6.14. The molecular formula is C16H32N2O. The van der Waals surface area contributed by atoms with Gasteiger partial charge in [0.15, 0.2) is 0 Å². The summed E-state index contributed by atoms with van der Waals surface area (Å²) < 4.78 is 6.21. The average Bonchev–Trinajstić information content (AvgIpc) is 3.01. The molecule has 1 saturated carbocycles. The number of nitrogens with two attached hydrogens (primary N) is 1. The summed E-state index contributed by atoms with van der Waals surface area (Å²) in [6, 6.07) is 0.704. The van der Waals surface area contributed by atoms with Crippen LogP contribution in [0.4, 0.5) is 0 Å². The standard InChI is InChI=1S/C16H32N2O/c1-11(2)18(9-12-7-8-12)10-13-14(17)16(5,6)19-15(13,3)4/h11-14H,7-10,17H2,1-6H3. The monoisotopic (exact) mass is 268 g/mol. The van der Waals surface area contributed by atoms with Gasteiger partial charge in [-0.25, -0.2) is 0 Å². The van der Waals surface area contributed by atoms with Gasteiger partial charge >= 0.3 is 0 Å². The van der Waals surface area contributed by atoms with Crippen molar-refractivity contribution in [2.24, 2.45) is 17.6 Å². The van der Waals surface area contributed by atoms with Crippen molar-refractivity contribution in [3.05, 3.63) is 0 Å². The fraction of sp³-hybridized carbons (Fsp3) is 1.00. The van der Waals surface area contributed by atoms with E-state index >= 15 is 0 Å². The molecule has 2 aliphatic rings. The molecular weight excluding hydrogens is 236 g/mol. The molecule has 0 aromatic carbocycles. The molecule has 2 atom stereocenters. The Bertz CT molecular complexity index is 321. The van der Waals surface area contributed by atoms with Crippen LogP contribution in [-0.4, -0.2) is 41.3 Å². The van der Waals surface area contributed by atoms with Crippen molar-refractivity contribution in [3.63, 3.8) is 0 Å². The van der Waals surface area contributed by atoms with Crippen LogP contribution in [0.2, 0.25) is 0 Å². The van der Waals surface area contributed by atoms with E-state index in [1.165, 1.54) is 19.4 Å². The summed E-state index contributed by atoms with van der Waals surface area (Å²) >= 11 is 0. The van der Waals surface area contributed by atoms with Gasteiger partial charge in [0.25, 0.3) is 0 Å². The van der Waals surface area contributed by atoms with E-state index in [4.69, 9.17) is 10.5 Å². The van der Waals surface area contributed by atoms with E-state index in [0.29, 0.717) is 12.0 Å². The first-order chi connectivity index (χ1) is 8.63. The van der Waals surface area contributed by atoms with Gasteiger partial charge in [0.05, 0.1) is 11.2 Å². The van der Waals surface area contributed by atoms with E-state index < -0.39 is 0 Å². The third kappa shape index (κ3) is 3.32. The molecule has 1 heterocycles. The van der Waals surface area contributed by atoms with Gasteiger partial charge in [-0.15, -0.1) is 0 Å². The van der Waals surface area contributed by atoms with Gasteiger partial charge in [-0.1, -0.05) is 0 Å². The lowest BCUT2D eigenvalue weighted by Gasteiger charge is -2.35. The van der Waals surface area contributed by atoms with E-state index in [1.54, 1.807) is 0 Å². The Kier molecular flexibility index (Phi) is 4.03. The van der Waals surface area contributed by atoms with Gasteiger partial charge in [0.2, 0.25) is 0 Å². The molecule has 3 nitrogen and oxygen atoms in total. The van der Waals surface area contributed by atoms with Crippen molar-refractivity contribution in [1.29, 1.82) is 0 Å². The predicted octanol–water partition coefficient (Wildman–Crippen LogP) is 2.64. The molecule has 3 heteroatoms. The maximum Gasteiger partial charge on any atom is 0.0788 e. The van der Waals surface area contributed by atoms with Gasteiger partial charge in [-0.05, 0) is 60.3 Å². The summed E-state index contributed by atoms with van der Waals surface area (Å²) in [6.07, 6.45) is 2.82. The summed E-state index contributed by atoms with van der Waals surface area (Å²) in [5.74, 6) is 1.33. The molecule has 0 amide bonds. The molecule has 0 bridgehead atoms. The van der Waals surface area contributed by atoms with Crippen LogP contribution < -0.4 is 5.73 Å². The Labute approximate surface area is 118 Å². The SMILES string of the molecule is CC(C)N(CC1CC1)CC1C(N)C(C)(C)OC1(C)C. The van der Waals surface area contributed by atoms with Crippen molar-refractivity contribution in [2.75, 3.05) is 13.1 Å². The molecule has 19 heavy (non-hydrogen) atoms. The highest BCUT2D eigenvalue weighted by Crippen LogP contribution is 2.42. The fourth-order valence-corrected chi connectivity index (χ4v) is 3.45. The Morgan fingerprint density at radius 2 is 1.68 bits per heavy atom. The Balaban J connectivity index is 2.06. The van der Waals surface area contributed by atoms with Gasteiger partial charge < -0.3 is 15.4 Å². The number of ether oxygens (including phenoxy) is 1. The molecule has 1 aliphatic carbocycles. The van der Waals surface area contributed by atoms with Crippen LogP contribution in [0.15, 0.2) is 0 Å². The van der Waals surface area contributed by atoms with E-state index in [1.807, 2.05) is 0 Å². The fourth-order valence-electron chi connectivity index (χ4n) is 3.45. The largest absolute Gasteiger partial charge is 0.368 e. The first kappa shape index (κ1) is 15.3. The predicted molar refractivity (Wildman–Crippen MR) is 80.1 cm³/mol. The van der Waals surface area contributed by atoms with Crippen LogP contribution in [0.1, 0.15) is 54.4 Å². The molecule has 112 valence electrons. The first-order valence-electron chi connectivity index (χ1n) is 7.83. The zero-order chi connectivity index (χ0) is 14.4. The van der Waals surface area contributed by atoms with E-state index in [9.17, 15) is 0 Å². The Hall–Kier alpha value is -0.120. The van der Waals surface area contributed by atoms with Crippen LogP contribution in [0, 0.1) is 11.8 Å². The number of nitrogens with zero attached hydrogens (tertiary/aromatic N) is 1. The topological polar surface area (TPSA) is 38.5 Å². The van der Waals surface area contributed by atoms with Gasteiger partial charge in [0.1, 0.15) is 0 Å². The van der Waals surface area contributed by atoms with Crippen molar-refractivity contribution in [3.8, 4) is 0 Å². The third-order valence-corrected chi connectivity index (χ3v) is 5.01. The van der Waals surface area contributed by atoms with E-state index in [2.05, 4.69) is 46.4 Å². The minimum atomic E-state index is -0.212. The number of hydrogen-bond acceptors (Lipinski definition) is 3. The highest BCUT2D eigenvalue weighted by atomic mass is 16.5. The minimum absolute atomic E-state index is 0.114. The highest BCUT2D eigenvalue weighted by molar-refractivity contribution is 5.05. The molecule has 0 radical (unpaired) electrons. The lowest BCUT2D eigenvalue weighted by atomic mass is 9.82. The summed E-state index contributed by atoms with van der Waals surface area (Å²) in [7, 11) is 0. The molecule has 2 fully saturated rings. The second-order valence-electron chi connectivity index (χ2n) is 7.93. The van der Waals surface area contributed by atoms with Gasteiger partial charge in [0, 0.05) is 31.1 Å². The molecule has 0 aromatic rings.